The van der Waals surface area contributed by atoms with Gasteiger partial charge in [-0.1, -0.05) is 18.2 Å². The maximum absolute atomic E-state index is 12.0. The van der Waals surface area contributed by atoms with Crippen LogP contribution in [0.3, 0.4) is 0 Å². The average Bonchev–Trinajstić information content (AvgIpc) is 2.57. The molecular formula is C17H20N4O2. The zero-order chi connectivity index (χ0) is 16.7. The van der Waals surface area contributed by atoms with Crippen LogP contribution in [-0.4, -0.2) is 29.5 Å². The fourth-order valence-corrected chi connectivity index (χ4v) is 1.97. The number of nitrogens with one attached hydrogen (secondary N) is 2. The molecule has 1 heterocycles. The van der Waals surface area contributed by atoms with Crippen molar-refractivity contribution in [3.8, 4) is 5.75 Å². The number of anilines is 1. The molecular weight excluding hydrogens is 292 g/mol. The van der Waals surface area contributed by atoms with Crippen molar-refractivity contribution in [2.45, 2.75) is 13.5 Å². The Kier molecular flexibility index (Phi) is 5.68. The van der Waals surface area contributed by atoms with Gasteiger partial charge in [-0.2, -0.15) is 0 Å². The van der Waals surface area contributed by atoms with E-state index < -0.39 is 0 Å². The van der Waals surface area contributed by atoms with Crippen molar-refractivity contribution >= 4 is 11.7 Å². The topological polar surface area (TPSA) is 76.1 Å². The number of hydrogen-bond acceptors (Lipinski definition) is 5. The normalized spacial score (nSPS) is 10.0. The van der Waals surface area contributed by atoms with Crippen LogP contribution in [0.2, 0.25) is 0 Å². The molecule has 0 fully saturated rings. The van der Waals surface area contributed by atoms with Crippen LogP contribution in [0, 0.1) is 6.92 Å². The van der Waals surface area contributed by atoms with E-state index in [1.807, 2.05) is 24.3 Å². The molecule has 0 bridgehead atoms. The van der Waals surface area contributed by atoms with E-state index >= 15 is 0 Å². The summed E-state index contributed by atoms with van der Waals surface area (Å²) in [7, 11) is 1.63. The smallest absolute Gasteiger partial charge is 0.270 e. The number of methoxy groups -OCH3 is 1. The maximum Gasteiger partial charge on any atom is 0.270 e. The quantitative estimate of drug-likeness (QED) is 0.767. The Balaban J connectivity index is 2.05. The standard InChI is InChI=1S/C17H20N4O2/c1-4-9-18-17(22)15-10-16(21-12(2)20-15)19-11-13-5-7-14(23-3)8-6-13/h4-8,10H,1,9,11H2,2-3H3,(H,18,22)(H,19,20,21). The Bertz CT molecular complexity index is 683. The third-order valence-corrected chi connectivity index (χ3v) is 3.11. The molecule has 2 N–H and O–H groups in total. The number of nitrogens with zero attached hydrogens (tertiary/aromatic N) is 2. The van der Waals surface area contributed by atoms with Gasteiger partial charge in [0.2, 0.25) is 0 Å². The van der Waals surface area contributed by atoms with Crippen molar-refractivity contribution in [2.24, 2.45) is 0 Å². The van der Waals surface area contributed by atoms with Crippen molar-refractivity contribution in [1.82, 2.24) is 15.3 Å². The Morgan fingerprint density at radius 1 is 1.30 bits per heavy atom. The molecule has 0 aliphatic rings. The molecule has 1 aromatic carbocycles. The Morgan fingerprint density at radius 2 is 2.04 bits per heavy atom. The summed E-state index contributed by atoms with van der Waals surface area (Å²) in [6.45, 7) is 6.31. The van der Waals surface area contributed by atoms with Crippen LogP contribution in [-0.2, 0) is 6.54 Å². The SMILES string of the molecule is C=CCNC(=O)c1cc(NCc2ccc(OC)cc2)nc(C)n1. The van der Waals surface area contributed by atoms with Crippen molar-refractivity contribution < 1.29 is 9.53 Å². The van der Waals surface area contributed by atoms with Crippen molar-refractivity contribution in [3.63, 3.8) is 0 Å². The first-order valence-electron chi connectivity index (χ1n) is 7.24. The summed E-state index contributed by atoms with van der Waals surface area (Å²) in [4.78, 5) is 20.4. The van der Waals surface area contributed by atoms with Gasteiger partial charge < -0.3 is 15.4 Å². The third kappa shape index (κ3) is 4.81. The van der Waals surface area contributed by atoms with Crippen LogP contribution >= 0.6 is 0 Å². The second-order valence-electron chi connectivity index (χ2n) is 4.89. The molecule has 1 aromatic heterocycles. The number of benzene rings is 1. The number of carbonyl (C=O) groups excluding carboxylic acids is 1. The summed E-state index contributed by atoms with van der Waals surface area (Å²) >= 11 is 0. The molecule has 2 rings (SSSR count). The summed E-state index contributed by atoms with van der Waals surface area (Å²) < 4.78 is 5.13. The van der Waals surface area contributed by atoms with E-state index in [-0.39, 0.29) is 5.91 Å². The van der Waals surface area contributed by atoms with E-state index in [4.69, 9.17) is 4.74 Å². The van der Waals surface area contributed by atoms with E-state index in [0.717, 1.165) is 11.3 Å². The Labute approximate surface area is 135 Å². The third-order valence-electron chi connectivity index (χ3n) is 3.11. The largest absolute Gasteiger partial charge is 0.497 e. The predicted molar refractivity (Wildman–Crippen MR) is 89.6 cm³/mol. The second kappa shape index (κ2) is 7.93. The summed E-state index contributed by atoms with van der Waals surface area (Å²) in [5.74, 6) is 1.71. The van der Waals surface area contributed by atoms with Crippen LogP contribution in [0.25, 0.3) is 0 Å². The van der Waals surface area contributed by atoms with Gasteiger partial charge in [0.1, 0.15) is 23.1 Å². The minimum Gasteiger partial charge on any atom is -0.497 e. The molecule has 0 saturated carbocycles. The molecule has 2 aromatic rings. The molecule has 0 aliphatic heterocycles. The van der Waals surface area contributed by atoms with Gasteiger partial charge in [0, 0.05) is 19.2 Å². The minimum absolute atomic E-state index is 0.247. The predicted octanol–water partition coefficient (Wildman–Crippen LogP) is 2.32. The fourth-order valence-electron chi connectivity index (χ4n) is 1.97. The molecule has 6 heteroatoms. The van der Waals surface area contributed by atoms with Gasteiger partial charge in [0.05, 0.1) is 7.11 Å². The van der Waals surface area contributed by atoms with Gasteiger partial charge in [-0.15, -0.1) is 6.58 Å². The van der Waals surface area contributed by atoms with E-state index in [1.165, 1.54) is 0 Å². The van der Waals surface area contributed by atoms with Crippen LogP contribution in [0.5, 0.6) is 5.75 Å². The van der Waals surface area contributed by atoms with Gasteiger partial charge in [-0.3, -0.25) is 4.79 Å². The van der Waals surface area contributed by atoms with E-state index in [1.54, 1.807) is 26.2 Å². The van der Waals surface area contributed by atoms with E-state index in [0.29, 0.717) is 30.4 Å². The molecule has 120 valence electrons. The van der Waals surface area contributed by atoms with Crippen LogP contribution < -0.4 is 15.4 Å². The molecule has 0 unspecified atom stereocenters. The molecule has 0 aliphatic carbocycles. The van der Waals surface area contributed by atoms with Crippen LogP contribution in [0.4, 0.5) is 5.82 Å². The lowest BCUT2D eigenvalue weighted by Gasteiger charge is -2.09. The van der Waals surface area contributed by atoms with Crippen LogP contribution in [0.15, 0.2) is 43.0 Å². The lowest BCUT2D eigenvalue weighted by Crippen LogP contribution is -2.24. The zero-order valence-corrected chi connectivity index (χ0v) is 13.3. The fraction of sp³-hybridized carbons (Fsp3) is 0.235. The number of hydrogen-bond donors (Lipinski definition) is 2. The highest BCUT2D eigenvalue weighted by Crippen LogP contribution is 2.13. The van der Waals surface area contributed by atoms with Gasteiger partial charge in [-0.05, 0) is 24.6 Å². The highest BCUT2D eigenvalue weighted by molar-refractivity contribution is 5.93. The number of ether oxygens (including phenoxy) is 1. The van der Waals surface area contributed by atoms with Crippen molar-refractivity contribution in [1.29, 1.82) is 0 Å². The first kappa shape index (κ1) is 16.5. The summed E-state index contributed by atoms with van der Waals surface area (Å²) in [5.41, 5.74) is 1.41. The molecule has 0 radical (unpaired) electrons. The number of amides is 1. The number of aryl methyl sites for hydroxylation is 1. The molecule has 6 nitrogen and oxygen atoms in total. The first-order valence-corrected chi connectivity index (χ1v) is 7.24. The van der Waals surface area contributed by atoms with E-state index in [2.05, 4.69) is 27.2 Å². The van der Waals surface area contributed by atoms with E-state index in [9.17, 15) is 4.79 Å². The second-order valence-corrected chi connectivity index (χ2v) is 4.89. The average molecular weight is 312 g/mol. The Morgan fingerprint density at radius 3 is 2.70 bits per heavy atom. The molecule has 0 spiro atoms. The van der Waals surface area contributed by atoms with Crippen molar-refractivity contribution in [3.05, 3.63) is 60.1 Å². The molecule has 0 atom stereocenters. The highest BCUT2D eigenvalue weighted by atomic mass is 16.5. The summed E-state index contributed by atoms with van der Waals surface area (Å²) in [5, 5.41) is 5.90. The summed E-state index contributed by atoms with van der Waals surface area (Å²) in [6.07, 6.45) is 1.62. The van der Waals surface area contributed by atoms with Gasteiger partial charge in [0.25, 0.3) is 5.91 Å². The molecule has 1 amide bonds. The minimum atomic E-state index is -0.247. The molecule has 23 heavy (non-hydrogen) atoms. The zero-order valence-electron chi connectivity index (χ0n) is 13.3. The maximum atomic E-state index is 12.0. The summed E-state index contributed by atoms with van der Waals surface area (Å²) in [6, 6.07) is 9.37. The highest BCUT2D eigenvalue weighted by Gasteiger charge is 2.09. The van der Waals surface area contributed by atoms with Gasteiger partial charge >= 0.3 is 0 Å². The number of aromatic nitrogens is 2. The first-order chi connectivity index (χ1) is 11.1. The monoisotopic (exact) mass is 312 g/mol. The van der Waals surface area contributed by atoms with Gasteiger partial charge in [-0.25, -0.2) is 9.97 Å². The molecule has 0 saturated heterocycles. The van der Waals surface area contributed by atoms with Gasteiger partial charge in [0.15, 0.2) is 0 Å². The van der Waals surface area contributed by atoms with Crippen molar-refractivity contribution in [2.75, 3.05) is 19.0 Å². The lowest BCUT2D eigenvalue weighted by atomic mass is 10.2. The van der Waals surface area contributed by atoms with Crippen LogP contribution in [0.1, 0.15) is 21.9 Å². The lowest BCUT2D eigenvalue weighted by molar-refractivity contribution is 0.0952. The number of rotatable bonds is 7. The number of carbonyl (C=O) groups is 1. The Hall–Kier alpha value is -2.89.